The highest BCUT2D eigenvalue weighted by Crippen LogP contribution is 2.30. The molecule has 10 nitrogen and oxygen atoms in total. The minimum absolute atomic E-state index is 0.00932. The number of carbonyl (C=O) groups excluding carboxylic acids is 2. The number of imidazole rings is 1. The van der Waals surface area contributed by atoms with Gasteiger partial charge >= 0.3 is 5.97 Å². The van der Waals surface area contributed by atoms with E-state index < -0.39 is 12.0 Å². The number of nitrogens with one attached hydrogen (secondary N) is 1. The zero-order valence-electron chi connectivity index (χ0n) is 23.9. The number of aliphatic carboxylic acids is 1. The molecule has 2 fully saturated rings. The van der Waals surface area contributed by atoms with Gasteiger partial charge in [0, 0.05) is 37.6 Å². The van der Waals surface area contributed by atoms with E-state index in [0.29, 0.717) is 37.4 Å². The zero-order chi connectivity index (χ0) is 29.4. The molecule has 0 spiro atoms. The molecular weight excluding hydrogens is 540 g/mol. The van der Waals surface area contributed by atoms with E-state index in [1.165, 1.54) is 0 Å². The minimum Gasteiger partial charge on any atom is -0.480 e. The van der Waals surface area contributed by atoms with Crippen LogP contribution in [0, 0.1) is 17.2 Å². The molecule has 1 aromatic carbocycles. The maximum absolute atomic E-state index is 13.5. The summed E-state index contributed by atoms with van der Waals surface area (Å²) in [5.41, 5.74) is 2.46. The Morgan fingerprint density at radius 1 is 1.22 bits per heavy atom. The standard InChI is InChI=1S/C30H40N6O4S/c1-3-23-10-13-34(28(23)29(38)33-26(30(39)40)11-14-41-2)19-24-5-4-12-36(24)27(37)15-25-17-32-20-35(25)18-22-8-6-21(16-31)7-9-22/h6-9,17,20,23-24,26,28H,3-5,10-15,18-19H2,1-2H3,(H,33,38)(H,39,40)/t23-,24-,26-,28-/m0/s1. The summed E-state index contributed by atoms with van der Waals surface area (Å²) in [4.78, 5) is 47.1. The Labute approximate surface area is 246 Å². The number of rotatable bonds is 13. The van der Waals surface area contributed by atoms with Crippen LogP contribution in [0.5, 0.6) is 0 Å². The summed E-state index contributed by atoms with van der Waals surface area (Å²) in [6, 6.07) is 8.25. The van der Waals surface area contributed by atoms with Gasteiger partial charge in [-0.3, -0.25) is 14.5 Å². The van der Waals surface area contributed by atoms with Crippen molar-refractivity contribution in [3.8, 4) is 6.07 Å². The van der Waals surface area contributed by atoms with Gasteiger partial charge in [0.15, 0.2) is 0 Å². The molecule has 220 valence electrons. The maximum Gasteiger partial charge on any atom is 0.326 e. The normalized spacial score (nSPS) is 21.5. The van der Waals surface area contributed by atoms with Gasteiger partial charge in [0.1, 0.15) is 6.04 Å². The molecule has 2 aliphatic rings. The van der Waals surface area contributed by atoms with Gasteiger partial charge in [-0.2, -0.15) is 17.0 Å². The molecule has 1 aromatic heterocycles. The largest absolute Gasteiger partial charge is 0.480 e. The monoisotopic (exact) mass is 580 g/mol. The van der Waals surface area contributed by atoms with Gasteiger partial charge in [0.05, 0.1) is 30.4 Å². The first-order valence-corrected chi connectivity index (χ1v) is 15.8. The molecule has 41 heavy (non-hydrogen) atoms. The second kappa shape index (κ2) is 14.5. The van der Waals surface area contributed by atoms with Gasteiger partial charge in [-0.15, -0.1) is 0 Å². The van der Waals surface area contributed by atoms with E-state index in [-0.39, 0.29) is 36.2 Å². The molecule has 2 aromatic rings. The summed E-state index contributed by atoms with van der Waals surface area (Å²) in [7, 11) is 0. The molecule has 0 bridgehead atoms. The van der Waals surface area contributed by atoms with E-state index in [1.54, 1.807) is 36.4 Å². The van der Waals surface area contributed by atoms with E-state index in [0.717, 1.165) is 43.5 Å². The highest BCUT2D eigenvalue weighted by molar-refractivity contribution is 7.98. The van der Waals surface area contributed by atoms with Crippen molar-refractivity contribution in [2.45, 2.75) is 70.1 Å². The smallest absolute Gasteiger partial charge is 0.326 e. The number of benzene rings is 1. The fourth-order valence-corrected chi connectivity index (χ4v) is 6.56. The summed E-state index contributed by atoms with van der Waals surface area (Å²) in [6.07, 6.45) is 9.52. The lowest BCUT2D eigenvalue weighted by Crippen LogP contribution is -2.54. The first-order chi connectivity index (χ1) is 19.8. The number of hydrogen-bond donors (Lipinski definition) is 2. The summed E-state index contributed by atoms with van der Waals surface area (Å²) < 4.78 is 1.97. The van der Waals surface area contributed by atoms with Crippen LogP contribution in [-0.2, 0) is 27.3 Å². The number of amides is 2. The van der Waals surface area contributed by atoms with Crippen molar-refractivity contribution in [2.24, 2.45) is 5.92 Å². The molecule has 0 aliphatic carbocycles. The highest BCUT2D eigenvalue weighted by Gasteiger charge is 2.42. The lowest BCUT2D eigenvalue weighted by atomic mass is 9.96. The van der Waals surface area contributed by atoms with Crippen molar-refractivity contribution in [1.82, 2.24) is 24.7 Å². The molecule has 2 saturated heterocycles. The van der Waals surface area contributed by atoms with Crippen LogP contribution in [0.2, 0.25) is 0 Å². The van der Waals surface area contributed by atoms with E-state index in [4.69, 9.17) is 5.26 Å². The van der Waals surface area contributed by atoms with Crippen LogP contribution in [0.4, 0.5) is 0 Å². The van der Waals surface area contributed by atoms with Crippen LogP contribution in [-0.4, -0.2) is 92.0 Å². The van der Waals surface area contributed by atoms with Crippen molar-refractivity contribution in [3.63, 3.8) is 0 Å². The second-order valence-electron chi connectivity index (χ2n) is 11.0. The molecule has 0 unspecified atom stereocenters. The van der Waals surface area contributed by atoms with Gasteiger partial charge in [0.25, 0.3) is 0 Å². The molecule has 2 amide bonds. The van der Waals surface area contributed by atoms with Crippen molar-refractivity contribution in [3.05, 3.63) is 53.6 Å². The molecule has 4 atom stereocenters. The second-order valence-corrected chi connectivity index (χ2v) is 11.9. The number of likely N-dealkylation sites (tertiary alicyclic amines) is 2. The van der Waals surface area contributed by atoms with Crippen molar-refractivity contribution < 1.29 is 19.5 Å². The van der Waals surface area contributed by atoms with Crippen LogP contribution in [0.1, 0.15) is 55.8 Å². The fourth-order valence-electron chi connectivity index (χ4n) is 6.09. The van der Waals surface area contributed by atoms with Gasteiger partial charge in [-0.25, -0.2) is 9.78 Å². The van der Waals surface area contributed by atoms with Crippen LogP contribution in [0.3, 0.4) is 0 Å². The Bertz CT molecular complexity index is 1240. The number of carboxylic acids is 1. The maximum atomic E-state index is 13.5. The molecule has 0 saturated carbocycles. The molecule has 0 radical (unpaired) electrons. The summed E-state index contributed by atoms with van der Waals surface area (Å²) >= 11 is 1.56. The Morgan fingerprint density at radius 2 is 2.00 bits per heavy atom. The Kier molecular flexibility index (Phi) is 10.8. The Hall–Kier alpha value is -3.36. The van der Waals surface area contributed by atoms with Crippen LogP contribution < -0.4 is 5.32 Å². The Balaban J connectivity index is 1.40. The lowest BCUT2D eigenvalue weighted by Gasteiger charge is -2.33. The topological polar surface area (TPSA) is 132 Å². The predicted molar refractivity (Wildman–Crippen MR) is 157 cm³/mol. The van der Waals surface area contributed by atoms with Crippen LogP contribution in [0.15, 0.2) is 36.8 Å². The lowest BCUT2D eigenvalue weighted by molar-refractivity contribution is -0.143. The minimum atomic E-state index is -1.00. The third-order valence-corrected chi connectivity index (χ3v) is 9.00. The summed E-state index contributed by atoms with van der Waals surface area (Å²) in [6.45, 7) is 4.69. The highest BCUT2D eigenvalue weighted by atomic mass is 32.2. The van der Waals surface area contributed by atoms with E-state index in [9.17, 15) is 19.5 Å². The average molecular weight is 581 g/mol. The first kappa shape index (κ1) is 30.6. The number of nitrogens with zero attached hydrogens (tertiary/aromatic N) is 5. The molecule has 3 heterocycles. The van der Waals surface area contributed by atoms with Crippen molar-refractivity contribution in [2.75, 3.05) is 31.6 Å². The molecule has 2 aliphatic heterocycles. The molecule has 4 rings (SSSR count). The van der Waals surface area contributed by atoms with Crippen LogP contribution >= 0.6 is 11.8 Å². The number of carbonyl (C=O) groups is 3. The molecule has 2 N–H and O–H groups in total. The van der Waals surface area contributed by atoms with Gasteiger partial charge < -0.3 is 19.9 Å². The number of nitriles is 1. The number of aromatic nitrogens is 2. The average Bonchev–Trinajstić information content (AvgIpc) is 3.72. The zero-order valence-corrected chi connectivity index (χ0v) is 24.7. The van der Waals surface area contributed by atoms with Gasteiger partial charge in [0.2, 0.25) is 11.8 Å². The van der Waals surface area contributed by atoms with E-state index in [2.05, 4.69) is 28.2 Å². The van der Waals surface area contributed by atoms with E-state index in [1.807, 2.05) is 27.9 Å². The SMILES string of the molecule is CC[C@H]1CCN(C[C@@H]2CCCN2C(=O)Cc2cncn2Cc2ccc(C#N)cc2)[C@@H]1C(=O)N[C@@H](CCSC)C(=O)O. The predicted octanol–water partition coefficient (Wildman–Crippen LogP) is 2.76. The fraction of sp³-hybridized carbons (Fsp3) is 0.567. The van der Waals surface area contributed by atoms with Gasteiger partial charge in [-0.05, 0) is 67.9 Å². The summed E-state index contributed by atoms with van der Waals surface area (Å²) in [5.74, 6) is -0.355. The number of hydrogen-bond acceptors (Lipinski definition) is 7. The summed E-state index contributed by atoms with van der Waals surface area (Å²) in [5, 5.41) is 21.5. The quantitative estimate of drug-likeness (QED) is 0.370. The number of thioether (sulfide) groups is 1. The first-order valence-electron chi connectivity index (χ1n) is 14.4. The Morgan fingerprint density at radius 3 is 2.68 bits per heavy atom. The van der Waals surface area contributed by atoms with Gasteiger partial charge in [-0.1, -0.05) is 25.5 Å². The van der Waals surface area contributed by atoms with Crippen molar-refractivity contribution in [1.29, 1.82) is 5.26 Å². The third-order valence-electron chi connectivity index (χ3n) is 8.35. The van der Waals surface area contributed by atoms with E-state index >= 15 is 0 Å². The van der Waals surface area contributed by atoms with Crippen LogP contribution in [0.25, 0.3) is 0 Å². The van der Waals surface area contributed by atoms with Crippen molar-refractivity contribution >= 4 is 29.5 Å². The molecule has 11 heteroatoms. The molecular formula is C30H40N6O4S. The number of carboxylic acid groups (broad SMARTS) is 1. The third kappa shape index (κ3) is 7.68.